The number of likely N-dealkylation sites (N-methyl/N-ethyl adjacent to an activating group) is 1. The predicted octanol–water partition coefficient (Wildman–Crippen LogP) is 3.86. The highest BCUT2D eigenvalue weighted by Gasteiger charge is 2.23. The smallest absolute Gasteiger partial charge is 0.245 e. The molecule has 1 aromatic rings. The monoisotopic (exact) mass is 267 g/mol. The molecule has 2 nitrogen and oxygen atoms in total. The molecule has 0 aromatic heterocycles. The largest absolute Gasteiger partial charge is 0.341 e. The molecule has 0 saturated carbocycles. The Morgan fingerprint density at radius 3 is 2.39 bits per heavy atom. The standard InChI is InChI=1S/C15H22ClNO/c1-4-12(3)11-17(5-2)15(18)14(16)13-9-7-6-8-10-13/h6-10,12,14H,4-5,11H2,1-3H3. The van der Waals surface area contributed by atoms with Gasteiger partial charge in [-0.3, -0.25) is 4.79 Å². The van der Waals surface area contributed by atoms with Crippen molar-refractivity contribution in [3.8, 4) is 0 Å². The topological polar surface area (TPSA) is 20.3 Å². The van der Waals surface area contributed by atoms with Gasteiger partial charge in [0, 0.05) is 13.1 Å². The average Bonchev–Trinajstić information content (AvgIpc) is 2.43. The minimum absolute atomic E-state index is 0.00525. The molecule has 0 N–H and O–H groups in total. The molecule has 18 heavy (non-hydrogen) atoms. The Balaban J connectivity index is 2.72. The normalized spacial score (nSPS) is 14.0. The molecule has 0 fully saturated rings. The van der Waals surface area contributed by atoms with Crippen molar-refractivity contribution >= 4 is 17.5 Å². The number of amides is 1. The van der Waals surface area contributed by atoms with Crippen LogP contribution in [-0.2, 0) is 4.79 Å². The number of nitrogens with zero attached hydrogens (tertiary/aromatic N) is 1. The molecule has 3 heteroatoms. The van der Waals surface area contributed by atoms with Crippen LogP contribution in [0.15, 0.2) is 30.3 Å². The summed E-state index contributed by atoms with van der Waals surface area (Å²) in [7, 11) is 0. The number of rotatable bonds is 6. The minimum atomic E-state index is -0.574. The molecule has 1 aromatic carbocycles. The number of halogens is 1. The second-order valence-electron chi connectivity index (χ2n) is 4.66. The number of hydrogen-bond donors (Lipinski definition) is 0. The van der Waals surface area contributed by atoms with Crippen LogP contribution >= 0.6 is 11.6 Å². The van der Waals surface area contributed by atoms with Crippen LogP contribution < -0.4 is 0 Å². The van der Waals surface area contributed by atoms with Gasteiger partial charge >= 0.3 is 0 Å². The van der Waals surface area contributed by atoms with Crippen molar-refractivity contribution in [1.29, 1.82) is 0 Å². The fourth-order valence-corrected chi connectivity index (χ4v) is 2.09. The quantitative estimate of drug-likeness (QED) is 0.717. The predicted molar refractivity (Wildman–Crippen MR) is 76.7 cm³/mol. The van der Waals surface area contributed by atoms with Gasteiger partial charge in [0.25, 0.3) is 0 Å². The summed E-state index contributed by atoms with van der Waals surface area (Å²) in [6, 6.07) is 9.53. The van der Waals surface area contributed by atoms with Gasteiger partial charge in [-0.05, 0) is 18.4 Å². The van der Waals surface area contributed by atoms with Crippen LogP contribution in [0.2, 0.25) is 0 Å². The van der Waals surface area contributed by atoms with Gasteiger partial charge in [-0.2, -0.15) is 0 Å². The maximum Gasteiger partial charge on any atom is 0.245 e. The van der Waals surface area contributed by atoms with E-state index in [0.717, 1.165) is 18.5 Å². The third-order valence-corrected chi connectivity index (χ3v) is 3.67. The van der Waals surface area contributed by atoms with Crippen LogP contribution in [-0.4, -0.2) is 23.9 Å². The van der Waals surface area contributed by atoms with Crippen molar-refractivity contribution in [3.63, 3.8) is 0 Å². The van der Waals surface area contributed by atoms with E-state index >= 15 is 0 Å². The summed E-state index contributed by atoms with van der Waals surface area (Å²) >= 11 is 6.27. The van der Waals surface area contributed by atoms with Crippen molar-refractivity contribution in [2.75, 3.05) is 13.1 Å². The zero-order chi connectivity index (χ0) is 13.5. The van der Waals surface area contributed by atoms with Gasteiger partial charge in [-0.15, -0.1) is 11.6 Å². The van der Waals surface area contributed by atoms with Crippen LogP contribution in [0.5, 0.6) is 0 Å². The summed E-state index contributed by atoms with van der Waals surface area (Å²) in [5, 5.41) is -0.574. The lowest BCUT2D eigenvalue weighted by atomic mass is 10.1. The van der Waals surface area contributed by atoms with Gasteiger partial charge < -0.3 is 4.90 Å². The molecule has 0 aliphatic heterocycles. The third-order valence-electron chi connectivity index (χ3n) is 3.23. The van der Waals surface area contributed by atoms with E-state index in [9.17, 15) is 4.79 Å². The number of carbonyl (C=O) groups excluding carboxylic acids is 1. The third kappa shape index (κ3) is 4.02. The van der Waals surface area contributed by atoms with Gasteiger partial charge in [-0.1, -0.05) is 50.6 Å². The van der Waals surface area contributed by atoms with E-state index in [1.54, 1.807) is 0 Å². The molecule has 0 aliphatic rings. The van der Waals surface area contributed by atoms with E-state index in [-0.39, 0.29) is 5.91 Å². The zero-order valence-electron chi connectivity index (χ0n) is 11.4. The molecule has 0 aliphatic carbocycles. The highest BCUT2D eigenvalue weighted by atomic mass is 35.5. The SMILES string of the molecule is CCC(C)CN(CC)C(=O)C(Cl)c1ccccc1. The maximum absolute atomic E-state index is 12.3. The van der Waals surface area contributed by atoms with Crippen molar-refractivity contribution in [2.45, 2.75) is 32.6 Å². The Kier molecular flexibility index (Phi) is 6.20. The van der Waals surface area contributed by atoms with E-state index in [0.29, 0.717) is 12.5 Å². The Bertz CT molecular complexity index is 366. The first kappa shape index (κ1) is 15.0. The Morgan fingerprint density at radius 1 is 1.28 bits per heavy atom. The lowest BCUT2D eigenvalue weighted by Gasteiger charge is -2.26. The molecule has 2 unspecified atom stereocenters. The van der Waals surface area contributed by atoms with Crippen LogP contribution in [0.25, 0.3) is 0 Å². The highest BCUT2D eigenvalue weighted by molar-refractivity contribution is 6.30. The molecule has 0 spiro atoms. The molecule has 1 amide bonds. The first-order valence-corrected chi connectivity index (χ1v) is 7.01. The van der Waals surface area contributed by atoms with Crippen LogP contribution in [0.3, 0.4) is 0 Å². The van der Waals surface area contributed by atoms with Crippen LogP contribution in [0.4, 0.5) is 0 Å². The molecule has 2 atom stereocenters. The van der Waals surface area contributed by atoms with Gasteiger partial charge in [0.2, 0.25) is 5.91 Å². The van der Waals surface area contributed by atoms with Gasteiger partial charge in [-0.25, -0.2) is 0 Å². The van der Waals surface area contributed by atoms with Crippen molar-refractivity contribution in [3.05, 3.63) is 35.9 Å². The maximum atomic E-state index is 12.3. The van der Waals surface area contributed by atoms with Crippen molar-refractivity contribution < 1.29 is 4.79 Å². The Morgan fingerprint density at radius 2 is 1.89 bits per heavy atom. The van der Waals surface area contributed by atoms with Gasteiger partial charge in [0.15, 0.2) is 0 Å². The van der Waals surface area contributed by atoms with Crippen LogP contribution in [0, 0.1) is 5.92 Å². The summed E-state index contributed by atoms with van der Waals surface area (Å²) in [5.41, 5.74) is 0.867. The second kappa shape index (κ2) is 7.42. The molecule has 0 radical (unpaired) electrons. The summed E-state index contributed by atoms with van der Waals surface area (Å²) in [5.74, 6) is 0.513. The Labute approximate surface area is 115 Å². The fourth-order valence-electron chi connectivity index (χ4n) is 1.81. The summed E-state index contributed by atoms with van der Waals surface area (Å²) in [6.45, 7) is 7.77. The minimum Gasteiger partial charge on any atom is -0.341 e. The molecule has 0 heterocycles. The zero-order valence-corrected chi connectivity index (χ0v) is 12.2. The first-order valence-electron chi connectivity index (χ1n) is 6.57. The van der Waals surface area contributed by atoms with Crippen molar-refractivity contribution in [1.82, 2.24) is 4.90 Å². The number of alkyl halides is 1. The van der Waals surface area contributed by atoms with E-state index in [1.807, 2.05) is 42.2 Å². The molecule has 100 valence electrons. The molecular weight excluding hydrogens is 246 g/mol. The number of hydrogen-bond acceptors (Lipinski definition) is 1. The highest BCUT2D eigenvalue weighted by Crippen LogP contribution is 2.23. The lowest BCUT2D eigenvalue weighted by Crippen LogP contribution is -2.36. The summed E-state index contributed by atoms with van der Waals surface area (Å²) in [4.78, 5) is 14.2. The summed E-state index contributed by atoms with van der Waals surface area (Å²) < 4.78 is 0. The Hall–Kier alpha value is -1.02. The molecule has 1 rings (SSSR count). The lowest BCUT2D eigenvalue weighted by molar-refractivity contribution is -0.131. The first-order chi connectivity index (χ1) is 8.60. The molecule has 0 bridgehead atoms. The van der Waals surface area contributed by atoms with E-state index < -0.39 is 5.38 Å². The van der Waals surface area contributed by atoms with E-state index in [1.165, 1.54) is 0 Å². The van der Waals surface area contributed by atoms with Crippen molar-refractivity contribution in [2.24, 2.45) is 5.92 Å². The average molecular weight is 268 g/mol. The van der Waals surface area contributed by atoms with E-state index in [2.05, 4.69) is 13.8 Å². The summed E-state index contributed by atoms with van der Waals surface area (Å²) in [6.07, 6.45) is 1.07. The van der Waals surface area contributed by atoms with Gasteiger partial charge in [0.1, 0.15) is 5.38 Å². The second-order valence-corrected chi connectivity index (χ2v) is 5.10. The molecule has 0 saturated heterocycles. The van der Waals surface area contributed by atoms with Crippen LogP contribution in [0.1, 0.15) is 38.1 Å². The number of benzene rings is 1. The van der Waals surface area contributed by atoms with Gasteiger partial charge in [0.05, 0.1) is 0 Å². The number of carbonyl (C=O) groups is 1. The van der Waals surface area contributed by atoms with E-state index in [4.69, 9.17) is 11.6 Å². The fraction of sp³-hybridized carbons (Fsp3) is 0.533. The molecular formula is C15H22ClNO.